The number of aldehydes is 1. The van der Waals surface area contributed by atoms with Crippen molar-refractivity contribution in [1.29, 1.82) is 0 Å². The zero-order valence-corrected chi connectivity index (χ0v) is 21.3. The van der Waals surface area contributed by atoms with Crippen LogP contribution in [0, 0.1) is 13.8 Å². The standard InChI is InChI=1S/C28H34O3Si/c1-20-23(19-30-24-16-14-22(18-29)15-17-24)10-8-11-25(20)26-12-9-13-27(21(26)2)31-32(6,7)28(3,4)5/h8-18H,19H2,1-7H3. The molecule has 0 heterocycles. The molecule has 0 saturated carbocycles. The summed E-state index contributed by atoms with van der Waals surface area (Å²) >= 11 is 0. The zero-order valence-electron chi connectivity index (χ0n) is 20.3. The summed E-state index contributed by atoms with van der Waals surface area (Å²) in [6.07, 6.45) is 0.836. The Bertz CT molecular complexity index is 1090. The minimum Gasteiger partial charge on any atom is -0.543 e. The number of hydrogen-bond acceptors (Lipinski definition) is 3. The number of ether oxygens (including phenoxy) is 1. The van der Waals surface area contributed by atoms with Gasteiger partial charge in [0.15, 0.2) is 0 Å². The van der Waals surface area contributed by atoms with Crippen molar-refractivity contribution in [2.75, 3.05) is 0 Å². The van der Waals surface area contributed by atoms with E-state index in [0.717, 1.165) is 23.3 Å². The number of benzene rings is 3. The van der Waals surface area contributed by atoms with Crippen LogP contribution in [0.5, 0.6) is 11.5 Å². The van der Waals surface area contributed by atoms with Crippen molar-refractivity contribution in [1.82, 2.24) is 0 Å². The van der Waals surface area contributed by atoms with Crippen molar-refractivity contribution < 1.29 is 14.0 Å². The summed E-state index contributed by atoms with van der Waals surface area (Å²) < 4.78 is 12.6. The maximum Gasteiger partial charge on any atom is 0.250 e. The van der Waals surface area contributed by atoms with Crippen molar-refractivity contribution in [3.05, 3.63) is 82.9 Å². The first kappa shape index (κ1) is 23.8. The van der Waals surface area contributed by atoms with E-state index in [2.05, 4.69) is 84.1 Å². The van der Waals surface area contributed by atoms with Gasteiger partial charge in [-0.3, -0.25) is 4.79 Å². The zero-order chi connectivity index (χ0) is 23.5. The van der Waals surface area contributed by atoms with Crippen LogP contribution in [-0.4, -0.2) is 14.6 Å². The van der Waals surface area contributed by atoms with E-state index in [0.29, 0.717) is 12.2 Å². The molecule has 0 unspecified atom stereocenters. The molecule has 168 valence electrons. The highest BCUT2D eigenvalue weighted by atomic mass is 28.4. The molecular formula is C28H34O3Si. The molecule has 0 fully saturated rings. The van der Waals surface area contributed by atoms with Crippen LogP contribution in [0.25, 0.3) is 11.1 Å². The van der Waals surface area contributed by atoms with Gasteiger partial charge < -0.3 is 9.16 Å². The first-order valence-corrected chi connectivity index (χ1v) is 14.0. The van der Waals surface area contributed by atoms with Gasteiger partial charge in [-0.25, -0.2) is 0 Å². The molecule has 32 heavy (non-hydrogen) atoms. The highest BCUT2D eigenvalue weighted by Gasteiger charge is 2.39. The minimum atomic E-state index is -1.92. The average molecular weight is 447 g/mol. The van der Waals surface area contributed by atoms with Crippen molar-refractivity contribution >= 4 is 14.6 Å². The number of rotatable bonds is 7. The molecule has 0 saturated heterocycles. The molecule has 0 spiro atoms. The molecule has 3 aromatic rings. The van der Waals surface area contributed by atoms with Gasteiger partial charge in [-0.1, -0.05) is 51.1 Å². The smallest absolute Gasteiger partial charge is 0.250 e. The fourth-order valence-corrected chi connectivity index (χ4v) is 4.46. The van der Waals surface area contributed by atoms with Crippen molar-refractivity contribution in [2.24, 2.45) is 0 Å². The maximum atomic E-state index is 10.8. The third-order valence-electron chi connectivity index (χ3n) is 6.60. The van der Waals surface area contributed by atoms with Gasteiger partial charge in [0, 0.05) is 5.56 Å². The fourth-order valence-electron chi connectivity index (χ4n) is 3.38. The Balaban J connectivity index is 1.88. The Kier molecular flexibility index (Phi) is 6.94. The summed E-state index contributed by atoms with van der Waals surface area (Å²) in [4.78, 5) is 10.8. The summed E-state index contributed by atoms with van der Waals surface area (Å²) in [5, 5.41) is 0.145. The van der Waals surface area contributed by atoms with E-state index in [1.165, 1.54) is 22.3 Å². The van der Waals surface area contributed by atoms with E-state index in [-0.39, 0.29) is 5.04 Å². The molecule has 0 aromatic heterocycles. The Morgan fingerprint density at radius 1 is 0.844 bits per heavy atom. The largest absolute Gasteiger partial charge is 0.543 e. The number of hydrogen-bond donors (Lipinski definition) is 0. The van der Waals surface area contributed by atoms with Gasteiger partial charge in [0.05, 0.1) is 0 Å². The second-order valence-corrected chi connectivity index (χ2v) is 14.6. The summed E-state index contributed by atoms with van der Waals surface area (Å²) in [7, 11) is -1.92. The molecule has 0 radical (unpaired) electrons. The van der Waals surface area contributed by atoms with Gasteiger partial charge in [-0.2, -0.15) is 0 Å². The predicted molar refractivity (Wildman–Crippen MR) is 135 cm³/mol. The SMILES string of the molecule is Cc1c(COc2ccc(C=O)cc2)cccc1-c1cccc(O[Si](C)(C)C(C)(C)C)c1C. The topological polar surface area (TPSA) is 35.5 Å². The highest BCUT2D eigenvalue weighted by Crippen LogP contribution is 2.40. The normalized spacial score (nSPS) is 11.8. The van der Waals surface area contributed by atoms with Gasteiger partial charge in [0.2, 0.25) is 8.32 Å². The van der Waals surface area contributed by atoms with Crippen LogP contribution < -0.4 is 9.16 Å². The molecule has 0 aliphatic rings. The van der Waals surface area contributed by atoms with Crippen LogP contribution in [0.3, 0.4) is 0 Å². The molecule has 3 nitrogen and oxygen atoms in total. The van der Waals surface area contributed by atoms with Crippen LogP contribution >= 0.6 is 0 Å². The van der Waals surface area contributed by atoms with Crippen LogP contribution in [0.4, 0.5) is 0 Å². The summed E-state index contributed by atoms with van der Waals surface area (Å²) in [5.41, 5.74) is 6.53. The molecule has 0 aliphatic heterocycles. The molecule has 3 rings (SSSR count). The second kappa shape index (κ2) is 9.33. The van der Waals surface area contributed by atoms with E-state index in [1.54, 1.807) is 12.1 Å². The number of carbonyl (C=O) groups is 1. The lowest BCUT2D eigenvalue weighted by Gasteiger charge is -2.37. The predicted octanol–water partition coefficient (Wildman–Crippen LogP) is 7.75. The lowest BCUT2D eigenvalue weighted by molar-refractivity contribution is 0.112. The minimum absolute atomic E-state index is 0.145. The fraction of sp³-hybridized carbons (Fsp3) is 0.321. The molecule has 0 atom stereocenters. The Morgan fingerprint density at radius 3 is 2.03 bits per heavy atom. The van der Waals surface area contributed by atoms with E-state index in [9.17, 15) is 4.79 Å². The lowest BCUT2D eigenvalue weighted by atomic mass is 9.93. The Hall–Kier alpha value is -2.85. The summed E-state index contributed by atoms with van der Waals surface area (Å²) in [5.74, 6) is 1.73. The van der Waals surface area contributed by atoms with Gasteiger partial charge in [0.1, 0.15) is 24.4 Å². The summed E-state index contributed by atoms with van der Waals surface area (Å²) in [6.45, 7) is 16.1. The summed E-state index contributed by atoms with van der Waals surface area (Å²) in [6, 6.07) is 19.9. The first-order chi connectivity index (χ1) is 15.0. The quantitative estimate of drug-likeness (QED) is 0.275. The lowest BCUT2D eigenvalue weighted by Crippen LogP contribution is -2.44. The monoisotopic (exact) mass is 446 g/mol. The van der Waals surface area contributed by atoms with E-state index in [4.69, 9.17) is 9.16 Å². The molecule has 0 bridgehead atoms. The second-order valence-electron chi connectivity index (χ2n) is 9.86. The maximum absolute atomic E-state index is 10.8. The molecular weight excluding hydrogens is 412 g/mol. The first-order valence-electron chi connectivity index (χ1n) is 11.1. The number of carbonyl (C=O) groups excluding carboxylic acids is 1. The molecule has 0 N–H and O–H groups in total. The van der Waals surface area contributed by atoms with Crippen molar-refractivity contribution in [2.45, 2.75) is 59.4 Å². The molecule has 0 aliphatic carbocycles. The van der Waals surface area contributed by atoms with Gasteiger partial charge in [0.25, 0.3) is 0 Å². The molecule has 4 heteroatoms. The highest BCUT2D eigenvalue weighted by molar-refractivity contribution is 6.74. The van der Waals surface area contributed by atoms with E-state index in [1.807, 2.05) is 12.1 Å². The van der Waals surface area contributed by atoms with Crippen LogP contribution in [0.2, 0.25) is 18.1 Å². The van der Waals surface area contributed by atoms with Crippen LogP contribution in [0.1, 0.15) is 47.8 Å². The Labute approximate surface area is 193 Å². The van der Waals surface area contributed by atoms with Crippen LogP contribution in [0.15, 0.2) is 60.7 Å². The third-order valence-corrected chi connectivity index (χ3v) is 10.9. The van der Waals surface area contributed by atoms with Crippen LogP contribution in [-0.2, 0) is 6.61 Å². The molecule has 0 amide bonds. The average Bonchev–Trinajstić information content (AvgIpc) is 2.74. The third kappa shape index (κ3) is 5.13. The van der Waals surface area contributed by atoms with E-state index < -0.39 is 8.32 Å². The molecule has 3 aromatic carbocycles. The van der Waals surface area contributed by atoms with Gasteiger partial charge >= 0.3 is 0 Å². The van der Waals surface area contributed by atoms with Gasteiger partial charge in [-0.15, -0.1) is 0 Å². The van der Waals surface area contributed by atoms with Crippen molar-refractivity contribution in [3.8, 4) is 22.6 Å². The van der Waals surface area contributed by atoms with Crippen molar-refractivity contribution in [3.63, 3.8) is 0 Å². The van der Waals surface area contributed by atoms with E-state index >= 15 is 0 Å². The Morgan fingerprint density at radius 2 is 1.44 bits per heavy atom. The van der Waals surface area contributed by atoms with Gasteiger partial charge in [-0.05, 0) is 90.1 Å².